The molecule has 3 aromatic carbocycles. The zero-order valence-electron chi connectivity index (χ0n) is 20.0. The number of nitrogens with zero attached hydrogens (tertiary/aromatic N) is 3. The maximum atomic E-state index is 13.4. The minimum absolute atomic E-state index is 0. The van der Waals surface area contributed by atoms with Crippen LogP contribution in [0.2, 0.25) is 0 Å². The molecule has 1 fully saturated rings. The molecule has 0 atom stereocenters. The molecule has 4 rings (SSSR count). The van der Waals surface area contributed by atoms with E-state index in [0.717, 1.165) is 38.2 Å². The normalized spacial score (nSPS) is 15.4. The zero-order chi connectivity index (χ0) is 25.4. The standard InChI is InChI=1S/C23H26N4O6S2.Na/c1-27(16-7-3-2-4-8-16)34(29,30)21-10-6-5-9-19(21)25-26-23-18(24)12-11-15-13-17(35(31,32)33)14-20(28)22(15)23;/h5-6,9-14,16,28H,2-4,7-8,24H2,1H3,(H,31,32,33);. The van der Waals surface area contributed by atoms with E-state index in [1.807, 2.05) is 0 Å². The molecule has 0 aromatic heterocycles. The predicted octanol–water partition coefficient (Wildman–Crippen LogP) is 4.36. The number of nitrogen functional groups attached to an aromatic ring is 1. The van der Waals surface area contributed by atoms with Gasteiger partial charge < -0.3 is 10.8 Å². The van der Waals surface area contributed by atoms with Crippen LogP contribution in [0.3, 0.4) is 0 Å². The van der Waals surface area contributed by atoms with Gasteiger partial charge in [-0.1, -0.05) is 37.5 Å². The van der Waals surface area contributed by atoms with Crippen molar-refractivity contribution >= 4 is 77.5 Å². The summed E-state index contributed by atoms with van der Waals surface area (Å²) < 4.78 is 60.6. The van der Waals surface area contributed by atoms with Gasteiger partial charge in [-0.2, -0.15) is 12.7 Å². The SMILES string of the molecule is CN(C1CCCCC1)S(=O)(=O)c1ccccc1N=Nc1c(N)ccc2cc(S(=O)(=O)O)cc(O)c12.[Na]. The van der Waals surface area contributed by atoms with Gasteiger partial charge in [-0.3, -0.25) is 4.55 Å². The second-order valence-corrected chi connectivity index (χ2v) is 11.9. The molecule has 3 aromatic rings. The smallest absolute Gasteiger partial charge is 0.294 e. The summed E-state index contributed by atoms with van der Waals surface area (Å²) >= 11 is 0. The van der Waals surface area contributed by atoms with Crippen molar-refractivity contribution in [3.05, 3.63) is 48.5 Å². The molecule has 0 amide bonds. The van der Waals surface area contributed by atoms with Gasteiger partial charge in [-0.15, -0.1) is 10.2 Å². The summed E-state index contributed by atoms with van der Waals surface area (Å²) in [5.41, 5.74) is 6.32. The van der Waals surface area contributed by atoms with E-state index in [1.54, 1.807) is 19.2 Å². The molecule has 0 heterocycles. The number of rotatable bonds is 6. The Hall–Kier alpha value is -2.06. The van der Waals surface area contributed by atoms with E-state index in [1.165, 1.54) is 34.6 Å². The van der Waals surface area contributed by atoms with Crippen molar-refractivity contribution in [1.29, 1.82) is 0 Å². The van der Waals surface area contributed by atoms with Gasteiger partial charge in [0.2, 0.25) is 10.0 Å². The number of aromatic hydroxyl groups is 1. The molecule has 36 heavy (non-hydrogen) atoms. The van der Waals surface area contributed by atoms with Crippen LogP contribution in [0.5, 0.6) is 5.75 Å². The molecule has 13 heteroatoms. The van der Waals surface area contributed by atoms with Crippen molar-refractivity contribution in [1.82, 2.24) is 4.31 Å². The van der Waals surface area contributed by atoms with E-state index in [-0.39, 0.29) is 68.3 Å². The van der Waals surface area contributed by atoms with Crippen LogP contribution in [-0.2, 0) is 20.1 Å². The molecule has 1 aliphatic carbocycles. The van der Waals surface area contributed by atoms with E-state index in [4.69, 9.17) is 5.73 Å². The van der Waals surface area contributed by atoms with Crippen molar-refractivity contribution < 1.29 is 26.5 Å². The first kappa shape index (κ1) is 28.5. The van der Waals surface area contributed by atoms with Gasteiger partial charge in [0.25, 0.3) is 10.1 Å². The van der Waals surface area contributed by atoms with Gasteiger partial charge in [0.15, 0.2) is 0 Å². The molecular weight excluding hydrogens is 515 g/mol. The van der Waals surface area contributed by atoms with Crippen LogP contribution in [0.4, 0.5) is 17.1 Å². The Balaban J connectivity index is 0.00000361. The van der Waals surface area contributed by atoms with Crippen LogP contribution < -0.4 is 5.73 Å². The summed E-state index contributed by atoms with van der Waals surface area (Å²) in [6.07, 6.45) is 4.66. The summed E-state index contributed by atoms with van der Waals surface area (Å²) in [7, 11) is -6.83. The third-order valence-electron chi connectivity index (χ3n) is 6.24. The minimum atomic E-state index is -4.55. The summed E-state index contributed by atoms with van der Waals surface area (Å²) in [5, 5.41) is 19.1. The average molecular weight is 542 g/mol. The molecule has 1 saturated carbocycles. The summed E-state index contributed by atoms with van der Waals surface area (Å²) in [6, 6.07) is 11.1. The van der Waals surface area contributed by atoms with E-state index < -0.39 is 30.8 Å². The Morgan fingerprint density at radius 3 is 2.31 bits per heavy atom. The van der Waals surface area contributed by atoms with E-state index >= 15 is 0 Å². The zero-order valence-corrected chi connectivity index (χ0v) is 23.6. The van der Waals surface area contributed by atoms with Crippen LogP contribution in [0.15, 0.2) is 68.6 Å². The Kier molecular flexibility index (Phi) is 8.82. The molecule has 187 valence electrons. The topological polar surface area (TPSA) is 163 Å². The van der Waals surface area contributed by atoms with Crippen LogP contribution in [0, 0.1) is 0 Å². The molecule has 0 spiro atoms. The van der Waals surface area contributed by atoms with E-state index in [0.29, 0.717) is 0 Å². The Morgan fingerprint density at radius 2 is 1.64 bits per heavy atom. The number of phenolic OH excluding ortho intramolecular Hbond substituents is 1. The molecule has 4 N–H and O–H groups in total. The van der Waals surface area contributed by atoms with Gasteiger partial charge in [0.05, 0.1) is 16.0 Å². The minimum Gasteiger partial charge on any atom is -0.507 e. The third-order valence-corrected chi connectivity index (χ3v) is 9.03. The van der Waals surface area contributed by atoms with E-state index in [2.05, 4.69) is 10.2 Å². The van der Waals surface area contributed by atoms with Gasteiger partial charge in [-0.25, -0.2) is 8.42 Å². The van der Waals surface area contributed by atoms with Crippen LogP contribution in [-0.4, -0.2) is 73.4 Å². The van der Waals surface area contributed by atoms with Gasteiger partial charge in [-0.05, 0) is 42.5 Å². The quantitative estimate of drug-likeness (QED) is 0.181. The first-order chi connectivity index (χ1) is 16.5. The molecule has 0 aliphatic heterocycles. The summed E-state index contributed by atoms with van der Waals surface area (Å²) in [5.74, 6) is -0.477. The largest absolute Gasteiger partial charge is 0.507 e. The Bertz CT molecular complexity index is 1520. The number of azo groups is 1. The maximum absolute atomic E-state index is 13.4. The molecule has 1 aliphatic rings. The van der Waals surface area contributed by atoms with Gasteiger partial charge in [0.1, 0.15) is 22.0 Å². The Labute approximate surface area is 232 Å². The molecule has 0 bridgehead atoms. The number of phenols is 1. The summed E-state index contributed by atoms with van der Waals surface area (Å²) in [4.78, 5) is -0.495. The number of nitrogens with two attached hydrogens (primary N) is 1. The third kappa shape index (κ3) is 5.75. The molecular formula is C23H26N4NaO6S2. The van der Waals surface area contributed by atoms with Crippen molar-refractivity contribution in [2.24, 2.45) is 10.2 Å². The first-order valence-electron chi connectivity index (χ1n) is 11.0. The number of hydrogen-bond donors (Lipinski definition) is 3. The fourth-order valence-electron chi connectivity index (χ4n) is 4.33. The second-order valence-electron chi connectivity index (χ2n) is 8.50. The molecule has 0 unspecified atom stereocenters. The maximum Gasteiger partial charge on any atom is 0.294 e. The molecule has 10 nitrogen and oxygen atoms in total. The number of hydrogen-bond acceptors (Lipinski definition) is 8. The van der Waals surface area contributed by atoms with Crippen LogP contribution >= 0.6 is 0 Å². The van der Waals surface area contributed by atoms with Crippen LogP contribution in [0.25, 0.3) is 10.8 Å². The monoisotopic (exact) mass is 541 g/mol. The first-order valence-corrected chi connectivity index (χ1v) is 13.9. The number of benzene rings is 3. The van der Waals surface area contributed by atoms with Crippen molar-refractivity contribution in [3.63, 3.8) is 0 Å². The van der Waals surface area contributed by atoms with Crippen LogP contribution in [0.1, 0.15) is 32.1 Å². The van der Waals surface area contributed by atoms with Crippen molar-refractivity contribution in [2.45, 2.75) is 47.9 Å². The van der Waals surface area contributed by atoms with Gasteiger partial charge in [0, 0.05) is 48.7 Å². The fraction of sp³-hybridized carbons (Fsp3) is 0.304. The van der Waals surface area contributed by atoms with Gasteiger partial charge >= 0.3 is 0 Å². The van der Waals surface area contributed by atoms with E-state index in [9.17, 15) is 26.5 Å². The molecule has 0 saturated heterocycles. The number of fused-ring (bicyclic) bond motifs is 1. The fourth-order valence-corrected chi connectivity index (χ4v) is 6.40. The Morgan fingerprint density at radius 1 is 0.972 bits per heavy atom. The second kappa shape index (κ2) is 11.1. The number of anilines is 1. The summed E-state index contributed by atoms with van der Waals surface area (Å²) in [6.45, 7) is 0. The van der Waals surface area contributed by atoms with Crippen molar-refractivity contribution in [2.75, 3.05) is 12.8 Å². The molecule has 1 radical (unpaired) electrons. The van der Waals surface area contributed by atoms with Crippen molar-refractivity contribution in [3.8, 4) is 5.75 Å². The predicted molar refractivity (Wildman–Crippen MR) is 138 cm³/mol. The average Bonchev–Trinajstić information content (AvgIpc) is 2.83. The number of sulfonamides is 1.